The summed E-state index contributed by atoms with van der Waals surface area (Å²) in [6, 6.07) is 11.5. The molecule has 160 valence electrons. The van der Waals surface area contributed by atoms with Gasteiger partial charge in [0.25, 0.3) is 11.5 Å². The molecular weight excluding hydrogens is 441 g/mol. The number of aromatic nitrogens is 2. The summed E-state index contributed by atoms with van der Waals surface area (Å²) in [4.78, 5) is 45.9. The van der Waals surface area contributed by atoms with Crippen molar-refractivity contribution in [2.75, 3.05) is 13.1 Å². The third-order valence-corrected chi connectivity index (χ3v) is 5.76. The fourth-order valence-corrected chi connectivity index (χ4v) is 3.87. The van der Waals surface area contributed by atoms with E-state index >= 15 is 0 Å². The zero-order valence-corrected chi connectivity index (χ0v) is 17.9. The molecule has 9 heteroatoms. The topological polar surface area (TPSA) is 92.4 Å². The lowest BCUT2D eigenvalue weighted by atomic mass is 9.96. The Morgan fingerprint density at radius 2 is 1.74 bits per heavy atom. The number of nitrogens with one attached hydrogen (secondary N) is 1. The number of carbonyl (C=O) groups excluding carboxylic acids is 2. The van der Waals surface area contributed by atoms with Gasteiger partial charge in [0.1, 0.15) is 12.4 Å². The number of esters is 1. The maximum atomic E-state index is 12.6. The fourth-order valence-electron chi connectivity index (χ4n) is 3.58. The highest BCUT2D eigenvalue weighted by molar-refractivity contribution is 6.31. The Bertz CT molecular complexity index is 1190. The summed E-state index contributed by atoms with van der Waals surface area (Å²) >= 11 is 11.8. The van der Waals surface area contributed by atoms with Crippen LogP contribution in [-0.4, -0.2) is 39.8 Å². The Morgan fingerprint density at radius 3 is 2.45 bits per heavy atom. The number of rotatable bonds is 4. The zero-order chi connectivity index (χ0) is 22.0. The Balaban J connectivity index is 1.33. The number of H-pyrrole nitrogens is 1. The van der Waals surface area contributed by atoms with E-state index in [-0.39, 0.29) is 35.8 Å². The van der Waals surface area contributed by atoms with Crippen LogP contribution in [0.2, 0.25) is 10.0 Å². The number of hydrogen-bond acceptors (Lipinski definition) is 5. The zero-order valence-electron chi connectivity index (χ0n) is 16.4. The van der Waals surface area contributed by atoms with E-state index in [1.807, 2.05) is 0 Å². The monoisotopic (exact) mass is 459 g/mol. The molecule has 0 atom stereocenters. The first-order chi connectivity index (χ1) is 14.9. The van der Waals surface area contributed by atoms with Crippen LogP contribution in [0.4, 0.5) is 0 Å². The van der Waals surface area contributed by atoms with Gasteiger partial charge in [-0.1, -0.05) is 23.2 Å². The van der Waals surface area contributed by atoms with Crippen LogP contribution in [0.5, 0.6) is 0 Å². The number of halogens is 2. The van der Waals surface area contributed by atoms with Crippen molar-refractivity contribution in [2.24, 2.45) is 5.92 Å². The van der Waals surface area contributed by atoms with E-state index in [0.29, 0.717) is 52.4 Å². The molecule has 0 aliphatic carbocycles. The van der Waals surface area contributed by atoms with Gasteiger partial charge in [0, 0.05) is 28.7 Å². The van der Waals surface area contributed by atoms with Gasteiger partial charge in [-0.2, -0.15) is 0 Å². The lowest BCUT2D eigenvalue weighted by molar-refractivity contribution is -0.151. The highest BCUT2D eigenvalue weighted by Crippen LogP contribution is 2.22. The third kappa shape index (κ3) is 4.89. The standard InChI is InChI=1S/C22H19Cl2N3O4/c23-15-3-1-13(2-4-15)21(29)27-9-7-14(8-10-27)22(30)31-12-19-25-18-11-16(24)5-6-17(18)20(28)26-19/h1-6,11,14H,7-10,12H2,(H,25,26,28). The molecule has 3 aromatic rings. The van der Waals surface area contributed by atoms with Gasteiger partial charge in [-0.3, -0.25) is 14.4 Å². The van der Waals surface area contributed by atoms with Crippen LogP contribution >= 0.6 is 23.2 Å². The normalized spacial score (nSPS) is 14.6. The van der Waals surface area contributed by atoms with Gasteiger partial charge in [-0.05, 0) is 55.3 Å². The number of ether oxygens (including phenoxy) is 1. The van der Waals surface area contributed by atoms with Crippen molar-refractivity contribution < 1.29 is 14.3 Å². The first-order valence-corrected chi connectivity index (χ1v) is 10.6. The summed E-state index contributed by atoms with van der Waals surface area (Å²) in [6.45, 7) is 0.788. The van der Waals surface area contributed by atoms with Crippen molar-refractivity contribution in [2.45, 2.75) is 19.4 Å². The molecule has 0 bridgehead atoms. The molecule has 7 nitrogen and oxygen atoms in total. The third-order valence-electron chi connectivity index (χ3n) is 5.28. The second-order valence-corrected chi connectivity index (χ2v) is 8.23. The summed E-state index contributed by atoms with van der Waals surface area (Å²) in [5.41, 5.74) is 0.690. The predicted octanol–water partition coefficient (Wildman–Crippen LogP) is 3.83. The van der Waals surface area contributed by atoms with E-state index in [1.54, 1.807) is 47.4 Å². The number of piperidine rings is 1. The number of fused-ring (bicyclic) bond motifs is 1. The van der Waals surface area contributed by atoms with Crippen molar-refractivity contribution in [3.63, 3.8) is 0 Å². The largest absolute Gasteiger partial charge is 0.457 e. The summed E-state index contributed by atoms with van der Waals surface area (Å²) < 4.78 is 5.37. The van der Waals surface area contributed by atoms with Crippen LogP contribution in [0.15, 0.2) is 47.3 Å². The molecule has 0 radical (unpaired) electrons. The van der Waals surface area contributed by atoms with Crippen molar-refractivity contribution >= 4 is 46.0 Å². The van der Waals surface area contributed by atoms with Gasteiger partial charge in [-0.15, -0.1) is 0 Å². The molecule has 1 fully saturated rings. The average Bonchev–Trinajstić information content (AvgIpc) is 2.77. The van der Waals surface area contributed by atoms with Gasteiger partial charge in [-0.25, -0.2) is 4.98 Å². The maximum Gasteiger partial charge on any atom is 0.309 e. The number of amides is 1. The van der Waals surface area contributed by atoms with E-state index in [9.17, 15) is 14.4 Å². The number of aromatic amines is 1. The molecule has 4 rings (SSSR count). The van der Waals surface area contributed by atoms with Crippen molar-refractivity contribution in [1.29, 1.82) is 0 Å². The first kappa shape index (κ1) is 21.3. The van der Waals surface area contributed by atoms with Crippen molar-refractivity contribution in [1.82, 2.24) is 14.9 Å². The van der Waals surface area contributed by atoms with Gasteiger partial charge >= 0.3 is 5.97 Å². The maximum absolute atomic E-state index is 12.6. The van der Waals surface area contributed by atoms with E-state index in [2.05, 4.69) is 9.97 Å². The molecule has 0 unspecified atom stereocenters. The molecule has 1 N–H and O–H groups in total. The molecular formula is C22H19Cl2N3O4. The molecule has 1 aromatic heterocycles. The van der Waals surface area contributed by atoms with Gasteiger partial charge in [0.15, 0.2) is 0 Å². The quantitative estimate of drug-likeness (QED) is 0.598. The van der Waals surface area contributed by atoms with Crippen LogP contribution < -0.4 is 5.56 Å². The minimum atomic E-state index is -0.368. The van der Waals surface area contributed by atoms with Crippen LogP contribution in [0.1, 0.15) is 29.0 Å². The Hall–Kier alpha value is -2.90. The van der Waals surface area contributed by atoms with E-state index in [0.717, 1.165) is 0 Å². The van der Waals surface area contributed by atoms with E-state index < -0.39 is 0 Å². The highest BCUT2D eigenvalue weighted by Gasteiger charge is 2.29. The van der Waals surface area contributed by atoms with Crippen LogP contribution in [0.3, 0.4) is 0 Å². The molecule has 1 saturated heterocycles. The number of carbonyl (C=O) groups is 2. The summed E-state index contributed by atoms with van der Waals surface area (Å²) in [6.07, 6.45) is 1.02. The van der Waals surface area contributed by atoms with Crippen LogP contribution in [-0.2, 0) is 16.1 Å². The predicted molar refractivity (Wildman–Crippen MR) is 117 cm³/mol. The van der Waals surface area contributed by atoms with Gasteiger partial charge in [0.05, 0.1) is 16.8 Å². The molecule has 0 saturated carbocycles. The summed E-state index contributed by atoms with van der Waals surface area (Å²) in [5, 5.41) is 1.45. The molecule has 0 spiro atoms. The van der Waals surface area contributed by atoms with Gasteiger partial charge < -0.3 is 14.6 Å². The average molecular weight is 460 g/mol. The first-order valence-electron chi connectivity index (χ1n) is 9.80. The minimum absolute atomic E-state index is 0.0833. The van der Waals surface area contributed by atoms with Crippen molar-refractivity contribution in [3.8, 4) is 0 Å². The van der Waals surface area contributed by atoms with E-state index in [4.69, 9.17) is 27.9 Å². The number of benzene rings is 2. The lowest BCUT2D eigenvalue weighted by Crippen LogP contribution is -2.40. The Labute approximate surface area is 187 Å². The highest BCUT2D eigenvalue weighted by atomic mass is 35.5. The smallest absolute Gasteiger partial charge is 0.309 e. The fraction of sp³-hybridized carbons (Fsp3) is 0.273. The molecule has 2 aromatic carbocycles. The molecule has 2 heterocycles. The molecule has 1 aliphatic rings. The molecule has 1 aliphatic heterocycles. The number of hydrogen-bond donors (Lipinski definition) is 1. The SMILES string of the molecule is O=C(OCc1nc2cc(Cl)ccc2c(=O)[nH]1)C1CCN(C(=O)c2ccc(Cl)cc2)CC1. The summed E-state index contributed by atoms with van der Waals surface area (Å²) in [7, 11) is 0. The second-order valence-electron chi connectivity index (χ2n) is 7.36. The lowest BCUT2D eigenvalue weighted by Gasteiger charge is -2.31. The van der Waals surface area contributed by atoms with Crippen molar-refractivity contribution in [3.05, 3.63) is 74.3 Å². The van der Waals surface area contributed by atoms with Crippen LogP contribution in [0, 0.1) is 5.92 Å². The van der Waals surface area contributed by atoms with Gasteiger partial charge in [0.2, 0.25) is 0 Å². The molecule has 1 amide bonds. The number of nitrogens with zero attached hydrogens (tertiary/aromatic N) is 2. The Kier molecular flexibility index (Phi) is 6.25. The summed E-state index contributed by atoms with van der Waals surface area (Å²) in [5.74, 6) is -0.508. The Morgan fingerprint density at radius 1 is 1.06 bits per heavy atom. The minimum Gasteiger partial charge on any atom is -0.457 e. The van der Waals surface area contributed by atoms with E-state index in [1.165, 1.54) is 0 Å². The van der Waals surface area contributed by atoms with Crippen LogP contribution in [0.25, 0.3) is 10.9 Å². The number of likely N-dealkylation sites (tertiary alicyclic amines) is 1. The second kappa shape index (κ2) is 9.08. The molecule has 31 heavy (non-hydrogen) atoms.